The molecule has 0 bridgehead atoms. The van der Waals surface area contributed by atoms with Gasteiger partial charge in [-0.1, -0.05) is 37.3 Å². The van der Waals surface area contributed by atoms with Gasteiger partial charge in [0.1, 0.15) is 0 Å². The molecule has 1 fully saturated rings. The molecule has 1 saturated heterocycles. The number of rotatable bonds is 6. The summed E-state index contributed by atoms with van der Waals surface area (Å²) >= 11 is 0. The molecule has 4 rings (SSSR count). The summed E-state index contributed by atoms with van der Waals surface area (Å²) in [5, 5.41) is 10.1. The summed E-state index contributed by atoms with van der Waals surface area (Å²) in [6.07, 6.45) is 4.97. The summed E-state index contributed by atoms with van der Waals surface area (Å²) < 4.78 is 1.69. The lowest BCUT2D eigenvalue weighted by Crippen LogP contribution is -2.32. The van der Waals surface area contributed by atoms with Crippen LogP contribution in [0.2, 0.25) is 0 Å². The molecule has 2 N–H and O–H groups in total. The van der Waals surface area contributed by atoms with Crippen LogP contribution in [0, 0.1) is 0 Å². The predicted octanol–water partition coefficient (Wildman–Crippen LogP) is 3.56. The third-order valence-corrected chi connectivity index (χ3v) is 6.44. The quantitative estimate of drug-likeness (QED) is 0.473. The largest absolute Gasteiger partial charge is 0.315 e. The van der Waals surface area contributed by atoms with E-state index in [0.29, 0.717) is 17.8 Å². The molecule has 0 atom stereocenters. The second kappa shape index (κ2) is 9.45. The monoisotopic (exact) mass is 419 g/mol. The van der Waals surface area contributed by atoms with Gasteiger partial charge in [0.15, 0.2) is 0 Å². The van der Waals surface area contributed by atoms with E-state index in [-0.39, 0.29) is 11.1 Å². The Labute approximate surface area is 182 Å². The molecule has 6 nitrogen and oxygen atoms in total. The maximum atomic E-state index is 13.0. The summed E-state index contributed by atoms with van der Waals surface area (Å²) in [7, 11) is 0. The van der Waals surface area contributed by atoms with Gasteiger partial charge in [0.2, 0.25) is 0 Å². The van der Waals surface area contributed by atoms with Crippen LogP contribution in [0.25, 0.3) is 10.8 Å². The summed E-state index contributed by atoms with van der Waals surface area (Å²) in [5.74, 6) is -0.0134. The van der Waals surface area contributed by atoms with Crippen LogP contribution in [0.3, 0.4) is 0 Å². The van der Waals surface area contributed by atoms with Gasteiger partial charge >= 0.3 is 0 Å². The number of carbonyl (C=O) groups excluding carboxylic acids is 1. The number of benzene rings is 2. The third kappa shape index (κ3) is 4.70. The number of pyridine rings is 1. The van der Waals surface area contributed by atoms with Gasteiger partial charge in [-0.15, -0.1) is 0 Å². The number of piperidine rings is 1. The van der Waals surface area contributed by atoms with Gasteiger partial charge in [-0.2, -0.15) is 0 Å². The Morgan fingerprint density at radius 2 is 1.94 bits per heavy atom. The normalized spacial score (nSPS) is 15.3. The second-order valence-corrected chi connectivity index (χ2v) is 8.26. The topological polar surface area (TPSA) is 74.6 Å². The van der Waals surface area contributed by atoms with Crippen LogP contribution in [0.1, 0.15) is 47.2 Å². The van der Waals surface area contributed by atoms with E-state index >= 15 is 0 Å². The van der Waals surface area contributed by atoms with Crippen LogP contribution in [0.4, 0.5) is 0 Å². The standard InChI is InChI=1S/C25H29N3O3/c1-2-27-12-9-19(10-13-27)21-5-3-4-18(16-21)8-14-28-15-11-20-6-7-22(24(29)26-31)17-23(20)25(28)30/h3-7,11,15-17,19,31H,2,8-10,12-14H2,1H3,(H,26,29). The predicted molar refractivity (Wildman–Crippen MR) is 122 cm³/mol. The molecular weight excluding hydrogens is 390 g/mol. The SMILES string of the molecule is CCN1CCC(c2cccc(CCn3ccc4ccc(C(=O)NO)cc4c3=O)c2)CC1. The van der Waals surface area contributed by atoms with Gasteiger partial charge in [-0.05, 0) is 79.5 Å². The lowest BCUT2D eigenvalue weighted by atomic mass is 9.88. The highest BCUT2D eigenvalue weighted by Gasteiger charge is 2.19. The molecule has 0 aliphatic carbocycles. The van der Waals surface area contributed by atoms with Crippen molar-refractivity contribution >= 4 is 16.7 Å². The number of nitrogens with zero attached hydrogens (tertiary/aromatic N) is 2. The molecule has 2 aromatic carbocycles. The lowest BCUT2D eigenvalue weighted by molar-refractivity contribution is 0.0706. The Balaban J connectivity index is 1.49. The zero-order chi connectivity index (χ0) is 21.8. The summed E-state index contributed by atoms with van der Waals surface area (Å²) in [6, 6.07) is 15.5. The Kier molecular flexibility index (Phi) is 6.49. The van der Waals surface area contributed by atoms with Gasteiger partial charge in [-0.3, -0.25) is 14.8 Å². The van der Waals surface area contributed by atoms with Crippen LogP contribution < -0.4 is 11.0 Å². The van der Waals surface area contributed by atoms with Crippen molar-refractivity contribution in [3.63, 3.8) is 0 Å². The minimum atomic E-state index is -0.627. The highest BCUT2D eigenvalue weighted by Crippen LogP contribution is 2.28. The number of fused-ring (bicyclic) bond motifs is 1. The van der Waals surface area contributed by atoms with E-state index in [1.54, 1.807) is 28.4 Å². The van der Waals surface area contributed by atoms with E-state index in [1.165, 1.54) is 30.0 Å². The van der Waals surface area contributed by atoms with Crippen molar-refractivity contribution in [2.24, 2.45) is 0 Å². The molecule has 6 heteroatoms. The van der Waals surface area contributed by atoms with Crippen LogP contribution in [-0.4, -0.2) is 40.2 Å². The first-order chi connectivity index (χ1) is 15.1. The summed E-state index contributed by atoms with van der Waals surface area (Å²) in [6.45, 7) is 6.24. The number of likely N-dealkylation sites (tertiary alicyclic amines) is 1. The van der Waals surface area contributed by atoms with Crippen molar-refractivity contribution in [3.8, 4) is 0 Å². The van der Waals surface area contributed by atoms with E-state index in [9.17, 15) is 9.59 Å². The number of hydroxylamine groups is 1. The molecule has 1 aliphatic heterocycles. The maximum Gasteiger partial charge on any atom is 0.274 e. The molecule has 31 heavy (non-hydrogen) atoms. The fraction of sp³-hybridized carbons (Fsp3) is 0.360. The zero-order valence-electron chi connectivity index (χ0n) is 17.9. The highest BCUT2D eigenvalue weighted by atomic mass is 16.5. The van der Waals surface area contributed by atoms with Crippen LogP contribution in [0.15, 0.2) is 59.5 Å². The van der Waals surface area contributed by atoms with E-state index in [1.807, 2.05) is 6.07 Å². The minimum absolute atomic E-state index is 0.131. The average Bonchev–Trinajstić information content (AvgIpc) is 2.83. The Morgan fingerprint density at radius 3 is 2.68 bits per heavy atom. The molecule has 0 unspecified atom stereocenters. The van der Waals surface area contributed by atoms with Crippen molar-refractivity contribution in [1.29, 1.82) is 0 Å². The number of nitrogens with one attached hydrogen (secondary N) is 1. The smallest absolute Gasteiger partial charge is 0.274 e. The fourth-order valence-corrected chi connectivity index (χ4v) is 4.50. The molecular formula is C25H29N3O3. The first-order valence-corrected chi connectivity index (χ1v) is 11.0. The Hall–Kier alpha value is -2.96. The van der Waals surface area contributed by atoms with E-state index in [4.69, 9.17) is 5.21 Å². The molecule has 1 aliphatic rings. The molecule has 1 aromatic heterocycles. The van der Waals surface area contributed by atoms with Crippen LogP contribution in [0.5, 0.6) is 0 Å². The number of carbonyl (C=O) groups is 1. The number of aromatic nitrogens is 1. The molecule has 0 radical (unpaired) electrons. The minimum Gasteiger partial charge on any atom is -0.315 e. The Bertz CT molecular complexity index is 1130. The maximum absolute atomic E-state index is 13.0. The molecule has 2 heterocycles. The van der Waals surface area contributed by atoms with Crippen LogP contribution >= 0.6 is 0 Å². The number of hydrogen-bond acceptors (Lipinski definition) is 4. The molecule has 162 valence electrons. The van der Waals surface area contributed by atoms with Gasteiger partial charge in [0.05, 0.1) is 0 Å². The van der Waals surface area contributed by atoms with E-state index in [2.05, 4.69) is 36.1 Å². The van der Waals surface area contributed by atoms with Crippen molar-refractivity contribution in [2.45, 2.75) is 38.6 Å². The Morgan fingerprint density at radius 1 is 1.13 bits per heavy atom. The van der Waals surface area contributed by atoms with Gasteiger partial charge < -0.3 is 9.47 Å². The summed E-state index contributed by atoms with van der Waals surface area (Å²) in [4.78, 5) is 27.1. The average molecular weight is 420 g/mol. The van der Waals surface area contributed by atoms with Gasteiger partial charge in [-0.25, -0.2) is 5.48 Å². The van der Waals surface area contributed by atoms with Gasteiger partial charge in [0.25, 0.3) is 11.5 Å². The molecule has 0 spiro atoms. The van der Waals surface area contributed by atoms with Crippen molar-refractivity contribution in [2.75, 3.05) is 19.6 Å². The molecule has 0 saturated carbocycles. The van der Waals surface area contributed by atoms with Crippen molar-refractivity contribution in [3.05, 3.63) is 81.8 Å². The third-order valence-electron chi connectivity index (χ3n) is 6.44. The van der Waals surface area contributed by atoms with Crippen molar-refractivity contribution in [1.82, 2.24) is 14.9 Å². The highest BCUT2D eigenvalue weighted by molar-refractivity contribution is 5.97. The first-order valence-electron chi connectivity index (χ1n) is 11.0. The summed E-state index contributed by atoms with van der Waals surface area (Å²) in [5.41, 5.74) is 4.37. The van der Waals surface area contributed by atoms with E-state index in [0.717, 1.165) is 31.4 Å². The van der Waals surface area contributed by atoms with Crippen molar-refractivity contribution < 1.29 is 10.0 Å². The number of hydrogen-bond donors (Lipinski definition) is 2. The second-order valence-electron chi connectivity index (χ2n) is 8.26. The molecule has 1 amide bonds. The molecule has 3 aromatic rings. The number of aryl methyl sites for hydroxylation is 2. The van der Waals surface area contributed by atoms with Crippen LogP contribution in [-0.2, 0) is 13.0 Å². The van der Waals surface area contributed by atoms with E-state index < -0.39 is 5.91 Å². The first kappa shape index (κ1) is 21.3. The number of amides is 1. The fourth-order valence-electron chi connectivity index (χ4n) is 4.50. The zero-order valence-corrected chi connectivity index (χ0v) is 17.9. The lowest BCUT2D eigenvalue weighted by Gasteiger charge is -2.31. The van der Waals surface area contributed by atoms with Gasteiger partial charge in [0, 0.05) is 23.7 Å².